The molecule has 30 heavy (non-hydrogen) atoms. The molecule has 0 bridgehead atoms. The zero-order chi connectivity index (χ0) is 22.1. The summed E-state index contributed by atoms with van der Waals surface area (Å²) < 4.78 is 42.3. The largest absolute Gasteiger partial charge is 0.508 e. The zero-order valence-electron chi connectivity index (χ0n) is 16.2. The molecule has 0 saturated carbocycles. The molecule has 0 radical (unpaired) electrons. The van der Waals surface area contributed by atoms with Crippen LogP contribution < -0.4 is 5.32 Å². The Balaban J connectivity index is 1.83. The van der Waals surface area contributed by atoms with Crippen molar-refractivity contribution in [1.29, 1.82) is 0 Å². The number of nitro benzene ring substituents is 1. The van der Waals surface area contributed by atoms with Gasteiger partial charge in [-0.1, -0.05) is 6.07 Å². The second-order valence-corrected chi connectivity index (χ2v) is 6.85. The Bertz CT molecular complexity index is 1090. The summed E-state index contributed by atoms with van der Waals surface area (Å²) in [7, 11) is 0. The van der Waals surface area contributed by atoms with Gasteiger partial charge in [0.1, 0.15) is 5.75 Å². The lowest BCUT2D eigenvalue weighted by Crippen LogP contribution is -2.18. The van der Waals surface area contributed by atoms with Crippen molar-refractivity contribution in [3.05, 3.63) is 80.7 Å². The van der Waals surface area contributed by atoms with E-state index in [-0.39, 0.29) is 35.7 Å². The first kappa shape index (κ1) is 21.3. The highest BCUT2D eigenvalue weighted by Crippen LogP contribution is 2.34. The van der Waals surface area contributed by atoms with Gasteiger partial charge in [0, 0.05) is 36.5 Å². The first-order valence-corrected chi connectivity index (χ1v) is 8.97. The maximum Gasteiger partial charge on any atom is 0.416 e. The number of aromatic nitrogens is 2. The van der Waals surface area contributed by atoms with Crippen LogP contribution in [0.1, 0.15) is 28.1 Å². The topological polar surface area (TPSA) is 93.2 Å². The second-order valence-electron chi connectivity index (χ2n) is 6.85. The standard InChI is InChI=1S/C20H19F3N4O3/c1-12-7-13(2)26(25-12)16-4-3-14(18(9-16)20(21,22)23)10-24-11-15-8-17(27(29)30)5-6-19(15)28/h3-9,24,28H,10-11H2,1-2H3. The van der Waals surface area contributed by atoms with Crippen molar-refractivity contribution in [3.8, 4) is 11.4 Å². The van der Waals surface area contributed by atoms with Crippen LogP contribution in [0, 0.1) is 24.0 Å². The number of phenols is 1. The number of non-ortho nitro benzene ring substituents is 1. The number of nitro groups is 1. The van der Waals surface area contributed by atoms with Gasteiger partial charge in [-0.2, -0.15) is 18.3 Å². The fourth-order valence-electron chi connectivity index (χ4n) is 3.16. The van der Waals surface area contributed by atoms with Crippen LogP contribution in [0.4, 0.5) is 18.9 Å². The maximum atomic E-state index is 13.6. The number of phenolic OH excluding ortho intramolecular Hbond substituents is 1. The molecule has 3 aromatic rings. The number of hydrogen-bond donors (Lipinski definition) is 2. The van der Waals surface area contributed by atoms with Crippen LogP contribution in [-0.2, 0) is 19.3 Å². The van der Waals surface area contributed by atoms with E-state index in [9.17, 15) is 28.4 Å². The molecular formula is C20H19F3N4O3. The van der Waals surface area contributed by atoms with Crippen molar-refractivity contribution in [2.24, 2.45) is 0 Å². The lowest BCUT2D eigenvalue weighted by molar-refractivity contribution is -0.384. The molecule has 0 aliphatic heterocycles. The van der Waals surface area contributed by atoms with E-state index < -0.39 is 16.7 Å². The molecule has 0 aliphatic rings. The van der Waals surface area contributed by atoms with Gasteiger partial charge in [0.2, 0.25) is 0 Å². The minimum absolute atomic E-state index is 0.0118. The third-order valence-corrected chi connectivity index (χ3v) is 4.56. The monoisotopic (exact) mass is 420 g/mol. The molecule has 0 atom stereocenters. The smallest absolute Gasteiger partial charge is 0.416 e. The average molecular weight is 420 g/mol. The highest BCUT2D eigenvalue weighted by molar-refractivity contribution is 5.44. The predicted molar refractivity (Wildman–Crippen MR) is 103 cm³/mol. The molecule has 1 aromatic heterocycles. The number of benzene rings is 2. The number of hydrogen-bond acceptors (Lipinski definition) is 5. The molecule has 1 heterocycles. The Labute approximate surface area is 169 Å². The van der Waals surface area contributed by atoms with Gasteiger partial charge < -0.3 is 10.4 Å². The quantitative estimate of drug-likeness (QED) is 0.455. The summed E-state index contributed by atoms with van der Waals surface area (Å²) in [6, 6.07) is 9.25. The Morgan fingerprint density at radius 3 is 2.40 bits per heavy atom. The summed E-state index contributed by atoms with van der Waals surface area (Å²) in [5.74, 6) is -0.177. The zero-order valence-corrected chi connectivity index (χ0v) is 16.2. The number of aryl methyl sites for hydroxylation is 2. The molecule has 0 saturated heterocycles. The van der Waals surface area contributed by atoms with Gasteiger partial charge in [-0.05, 0) is 43.7 Å². The highest BCUT2D eigenvalue weighted by atomic mass is 19.4. The van der Waals surface area contributed by atoms with Gasteiger partial charge >= 0.3 is 6.18 Å². The van der Waals surface area contributed by atoms with Crippen molar-refractivity contribution < 1.29 is 23.2 Å². The lowest BCUT2D eigenvalue weighted by atomic mass is 10.1. The summed E-state index contributed by atoms with van der Waals surface area (Å²) in [6.45, 7) is 3.34. The third kappa shape index (κ3) is 4.60. The molecule has 10 heteroatoms. The van der Waals surface area contributed by atoms with Crippen LogP contribution in [0.3, 0.4) is 0 Å². The number of alkyl halides is 3. The average Bonchev–Trinajstić information content (AvgIpc) is 3.00. The normalized spacial score (nSPS) is 11.6. The number of nitrogens with zero attached hydrogens (tertiary/aromatic N) is 3. The first-order valence-electron chi connectivity index (χ1n) is 8.97. The summed E-state index contributed by atoms with van der Waals surface area (Å²) in [5, 5.41) is 27.7. The predicted octanol–water partition coefficient (Wildman–Crippen LogP) is 4.41. The van der Waals surface area contributed by atoms with E-state index in [1.807, 2.05) is 0 Å². The number of halogens is 3. The molecule has 2 aromatic carbocycles. The fourth-order valence-corrected chi connectivity index (χ4v) is 3.16. The summed E-state index contributed by atoms with van der Waals surface area (Å²) in [4.78, 5) is 10.3. The van der Waals surface area contributed by atoms with Crippen LogP contribution in [-0.4, -0.2) is 19.8 Å². The Morgan fingerprint density at radius 1 is 1.10 bits per heavy atom. The van der Waals surface area contributed by atoms with E-state index >= 15 is 0 Å². The molecule has 0 amide bonds. The number of rotatable bonds is 6. The van der Waals surface area contributed by atoms with Gasteiger partial charge in [-0.15, -0.1) is 0 Å². The van der Waals surface area contributed by atoms with Gasteiger partial charge in [0.05, 0.1) is 21.9 Å². The highest BCUT2D eigenvalue weighted by Gasteiger charge is 2.33. The van der Waals surface area contributed by atoms with Crippen LogP contribution in [0.15, 0.2) is 42.5 Å². The minimum Gasteiger partial charge on any atom is -0.508 e. The maximum absolute atomic E-state index is 13.6. The number of aromatic hydroxyl groups is 1. The van der Waals surface area contributed by atoms with Crippen LogP contribution in [0.25, 0.3) is 5.69 Å². The fraction of sp³-hybridized carbons (Fsp3) is 0.250. The molecule has 0 spiro atoms. The van der Waals surface area contributed by atoms with Crippen LogP contribution >= 0.6 is 0 Å². The Kier molecular flexibility index (Phi) is 5.79. The molecule has 7 nitrogen and oxygen atoms in total. The van der Waals surface area contributed by atoms with Crippen molar-refractivity contribution >= 4 is 5.69 Å². The van der Waals surface area contributed by atoms with Gasteiger partial charge in [0.25, 0.3) is 5.69 Å². The Morgan fingerprint density at radius 2 is 1.80 bits per heavy atom. The summed E-state index contributed by atoms with van der Waals surface area (Å²) in [5.41, 5.74) is 0.928. The van der Waals surface area contributed by atoms with E-state index in [0.717, 1.165) is 12.1 Å². The van der Waals surface area contributed by atoms with Gasteiger partial charge in [-0.25, -0.2) is 4.68 Å². The molecule has 0 aliphatic carbocycles. The number of nitrogens with one attached hydrogen (secondary N) is 1. The second kappa shape index (κ2) is 8.15. The van der Waals surface area contributed by atoms with E-state index in [0.29, 0.717) is 17.1 Å². The minimum atomic E-state index is -4.57. The molecule has 2 N–H and O–H groups in total. The molecule has 3 rings (SSSR count). The first-order chi connectivity index (χ1) is 14.1. The van der Waals surface area contributed by atoms with Crippen molar-refractivity contribution in [2.45, 2.75) is 33.1 Å². The van der Waals surface area contributed by atoms with Crippen LogP contribution in [0.2, 0.25) is 0 Å². The van der Waals surface area contributed by atoms with E-state index in [1.165, 1.54) is 22.9 Å². The van der Waals surface area contributed by atoms with Crippen molar-refractivity contribution in [3.63, 3.8) is 0 Å². The SMILES string of the molecule is Cc1cc(C)n(-c2ccc(CNCc3cc([N+](=O)[O-])ccc3O)c(C(F)(F)F)c2)n1. The molecule has 158 valence electrons. The summed E-state index contributed by atoms with van der Waals surface area (Å²) in [6.07, 6.45) is -4.57. The van der Waals surface area contributed by atoms with E-state index in [4.69, 9.17) is 0 Å². The molecule has 0 unspecified atom stereocenters. The molecular weight excluding hydrogens is 401 g/mol. The summed E-state index contributed by atoms with van der Waals surface area (Å²) >= 11 is 0. The molecule has 0 fully saturated rings. The van der Waals surface area contributed by atoms with Gasteiger partial charge in [0.15, 0.2) is 0 Å². The van der Waals surface area contributed by atoms with E-state index in [2.05, 4.69) is 10.4 Å². The van der Waals surface area contributed by atoms with Crippen molar-refractivity contribution in [1.82, 2.24) is 15.1 Å². The Hall–Kier alpha value is -3.40. The van der Waals surface area contributed by atoms with Crippen LogP contribution in [0.5, 0.6) is 5.75 Å². The van der Waals surface area contributed by atoms with Gasteiger partial charge in [-0.3, -0.25) is 10.1 Å². The van der Waals surface area contributed by atoms with Crippen molar-refractivity contribution in [2.75, 3.05) is 0 Å². The third-order valence-electron chi connectivity index (χ3n) is 4.56. The lowest BCUT2D eigenvalue weighted by Gasteiger charge is -2.16. The van der Waals surface area contributed by atoms with E-state index in [1.54, 1.807) is 26.0 Å².